The first-order valence-electron chi connectivity index (χ1n) is 8.16. The van der Waals surface area contributed by atoms with Gasteiger partial charge in [0.1, 0.15) is 0 Å². The number of carbonyl (C=O) groups excluding carboxylic acids is 1. The van der Waals surface area contributed by atoms with Gasteiger partial charge in [-0.05, 0) is 18.6 Å². The molecule has 3 rings (SSSR count). The molecule has 1 aliphatic heterocycles. The summed E-state index contributed by atoms with van der Waals surface area (Å²) in [6, 6.07) is 3.59. The lowest BCUT2D eigenvalue weighted by atomic mass is 10.3. The number of aryl methyl sites for hydroxylation is 1. The summed E-state index contributed by atoms with van der Waals surface area (Å²) in [6.07, 6.45) is 5.05. The number of amides is 1. The number of hydrogen-bond acceptors (Lipinski definition) is 6. The van der Waals surface area contributed by atoms with Crippen LogP contribution in [0.5, 0.6) is 0 Å². The average molecular weight is 329 g/mol. The highest BCUT2D eigenvalue weighted by Crippen LogP contribution is 2.14. The van der Waals surface area contributed by atoms with Crippen LogP contribution in [-0.2, 0) is 13.6 Å². The van der Waals surface area contributed by atoms with Gasteiger partial charge in [0.05, 0.1) is 6.20 Å². The molecule has 8 heteroatoms. The molecule has 0 aromatic carbocycles. The zero-order valence-corrected chi connectivity index (χ0v) is 14.1. The largest absolute Gasteiger partial charge is 0.354 e. The average Bonchev–Trinajstić information content (AvgIpc) is 2.87. The molecule has 1 fully saturated rings. The van der Waals surface area contributed by atoms with E-state index >= 15 is 0 Å². The second-order valence-electron chi connectivity index (χ2n) is 5.99. The maximum absolute atomic E-state index is 11.5. The fraction of sp³-hybridized carbons (Fsp3) is 0.500. The number of anilines is 1. The molecule has 1 saturated heterocycles. The van der Waals surface area contributed by atoms with Crippen molar-refractivity contribution in [2.24, 2.45) is 7.05 Å². The molecular formula is C16H23N7O. The quantitative estimate of drug-likeness (QED) is 0.868. The molecule has 2 aromatic heterocycles. The first kappa shape index (κ1) is 16.4. The molecule has 1 aliphatic rings. The number of carbonyl (C=O) groups is 1. The Morgan fingerprint density at radius 2 is 2.08 bits per heavy atom. The molecule has 1 amide bonds. The van der Waals surface area contributed by atoms with Crippen LogP contribution in [0, 0.1) is 0 Å². The van der Waals surface area contributed by atoms with Crippen molar-refractivity contribution < 1.29 is 4.79 Å². The summed E-state index contributed by atoms with van der Waals surface area (Å²) >= 11 is 0. The minimum Gasteiger partial charge on any atom is -0.354 e. The fourth-order valence-electron chi connectivity index (χ4n) is 2.91. The first-order valence-corrected chi connectivity index (χ1v) is 8.16. The number of rotatable bonds is 4. The monoisotopic (exact) mass is 329 g/mol. The van der Waals surface area contributed by atoms with Gasteiger partial charge in [0, 0.05) is 58.6 Å². The van der Waals surface area contributed by atoms with E-state index < -0.39 is 0 Å². The molecule has 8 nitrogen and oxygen atoms in total. The number of nitrogens with zero attached hydrogens (tertiary/aromatic N) is 6. The lowest BCUT2D eigenvalue weighted by Gasteiger charge is -2.22. The Bertz CT molecular complexity index is 682. The van der Waals surface area contributed by atoms with Gasteiger partial charge in [0.15, 0.2) is 11.5 Å². The summed E-state index contributed by atoms with van der Waals surface area (Å²) in [4.78, 5) is 16.2. The van der Waals surface area contributed by atoms with Crippen LogP contribution in [-0.4, -0.2) is 64.0 Å². The van der Waals surface area contributed by atoms with Crippen molar-refractivity contribution >= 4 is 11.7 Å². The predicted octanol–water partition coefficient (Wildman–Crippen LogP) is 0.282. The molecule has 0 unspecified atom stereocenters. The topological polar surface area (TPSA) is 79.2 Å². The number of nitrogens with one attached hydrogen (secondary N) is 1. The molecule has 0 bridgehead atoms. The molecule has 3 heterocycles. The molecule has 1 N–H and O–H groups in total. The highest BCUT2D eigenvalue weighted by atomic mass is 16.1. The standard InChI is InChI=1S/C16H23N7O/c1-17-16(24)14-4-5-15(20-19-14)23-7-3-6-22(8-9-23)12-13-10-18-21(2)11-13/h4-5,10-11H,3,6-9,12H2,1-2H3,(H,17,24). The predicted molar refractivity (Wildman–Crippen MR) is 90.7 cm³/mol. The third kappa shape index (κ3) is 3.88. The third-order valence-corrected chi connectivity index (χ3v) is 4.19. The molecule has 128 valence electrons. The second kappa shape index (κ2) is 7.39. The molecule has 2 aromatic rings. The van der Waals surface area contributed by atoms with Crippen LogP contribution in [0.1, 0.15) is 22.5 Å². The Hall–Kier alpha value is -2.48. The van der Waals surface area contributed by atoms with Crippen LogP contribution >= 0.6 is 0 Å². The van der Waals surface area contributed by atoms with Gasteiger partial charge in [-0.25, -0.2) is 0 Å². The highest BCUT2D eigenvalue weighted by Gasteiger charge is 2.17. The van der Waals surface area contributed by atoms with Crippen molar-refractivity contribution in [2.45, 2.75) is 13.0 Å². The van der Waals surface area contributed by atoms with Crippen LogP contribution in [0.2, 0.25) is 0 Å². The zero-order chi connectivity index (χ0) is 16.9. The fourth-order valence-corrected chi connectivity index (χ4v) is 2.91. The van der Waals surface area contributed by atoms with Crippen LogP contribution in [0.15, 0.2) is 24.5 Å². The summed E-state index contributed by atoms with van der Waals surface area (Å²) in [5.74, 6) is 0.610. The zero-order valence-electron chi connectivity index (χ0n) is 14.1. The minimum atomic E-state index is -0.215. The maximum atomic E-state index is 11.5. The van der Waals surface area contributed by atoms with Crippen molar-refractivity contribution in [3.05, 3.63) is 35.8 Å². The van der Waals surface area contributed by atoms with Crippen LogP contribution in [0.4, 0.5) is 5.82 Å². The van der Waals surface area contributed by atoms with Crippen molar-refractivity contribution in [1.82, 2.24) is 30.2 Å². The molecule has 0 atom stereocenters. The minimum absolute atomic E-state index is 0.215. The third-order valence-electron chi connectivity index (χ3n) is 4.19. The van der Waals surface area contributed by atoms with E-state index in [-0.39, 0.29) is 5.91 Å². The molecule has 0 spiro atoms. The van der Waals surface area contributed by atoms with E-state index in [1.165, 1.54) is 5.56 Å². The lowest BCUT2D eigenvalue weighted by molar-refractivity contribution is 0.0957. The van der Waals surface area contributed by atoms with Crippen LogP contribution < -0.4 is 10.2 Å². The van der Waals surface area contributed by atoms with Gasteiger partial charge < -0.3 is 10.2 Å². The smallest absolute Gasteiger partial charge is 0.271 e. The van der Waals surface area contributed by atoms with Crippen LogP contribution in [0.25, 0.3) is 0 Å². The van der Waals surface area contributed by atoms with E-state index in [1.54, 1.807) is 13.1 Å². The highest BCUT2D eigenvalue weighted by molar-refractivity contribution is 5.91. The van der Waals surface area contributed by atoms with Crippen molar-refractivity contribution in [3.63, 3.8) is 0 Å². The Morgan fingerprint density at radius 3 is 2.75 bits per heavy atom. The Morgan fingerprint density at radius 1 is 1.21 bits per heavy atom. The van der Waals surface area contributed by atoms with E-state index in [9.17, 15) is 4.79 Å². The molecule has 0 saturated carbocycles. The summed E-state index contributed by atoms with van der Waals surface area (Å²) in [7, 11) is 3.53. The summed E-state index contributed by atoms with van der Waals surface area (Å²) in [6.45, 7) is 4.78. The van der Waals surface area contributed by atoms with Gasteiger partial charge >= 0.3 is 0 Å². The van der Waals surface area contributed by atoms with Gasteiger partial charge in [0.25, 0.3) is 5.91 Å². The molecular weight excluding hydrogens is 306 g/mol. The Balaban J connectivity index is 1.59. The molecule has 24 heavy (non-hydrogen) atoms. The van der Waals surface area contributed by atoms with Gasteiger partial charge in [-0.2, -0.15) is 5.10 Å². The van der Waals surface area contributed by atoms with Crippen molar-refractivity contribution in [1.29, 1.82) is 0 Å². The van der Waals surface area contributed by atoms with E-state index in [2.05, 4.69) is 36.6 Å². The SMILES string of the molecule is CNC(=O)c1ccc(N2CCCN(Cc3cnn(C)c3)CC2)nn1. The molecule has 0 radical (unpaired) electrons. The Kier molecular flexibility index (Phi) is 5.05. The molecule has 0 aliphatic carbocycles. The van der Waals surface area contributed by atoms with Gasteiger partial charge in [-0.3, -0.25) is 14.4 Å². The number of hydrogen-bond donors (Lipinski definition) is 1. The van der Waals surface area contributed by atoms with Crippen molar-refractivity contribution in [2.75, 3.05) is 38.1 Å². The van der Waals surface area contributed by atoms with Gasteiger partial charge in [-0.15, -0.1) is 10.2 Å². The normalized spacial score (nSPS) is 16.0. The maximum Gasteiger partial charge on any atom is 0.271 e. The van der Waals surface area contributed by atoms with E-state index in [0.717, 1.165) is 45.0 Å². The lowest BCUT2D eigenvalue weighted by Crippen LogP contribution is -2.31. The van der Waals surface area contributed by atoms with Gasteiger partial charge in [-0.1, -0.05) is 0 Å². The van der Waals surface area contributed by atoms with E-state index in [1.807, 2.05) is 24.0 Å². The van der Waals surface area contributed by atoms with Crippen molar-refractivity contribution in [3.8, 4) is 0 Å². The second-order valence-corrected chi connectivity index (χ2v) is 5.99. The van der Waals surface area contributed by atoms with E-state index in [4.69, 9.17) is 0 Å². The first-order chi connectivity index (χ1) is 11.7. The number of aromatic nitrogens is 4. The summed E-state index contributed by atoms with van der Waals surface area (Å²) in [5.41, 5.74) is 1.58. The van der Waals surface area contributed by atoms with Gasteiger partial charge in [0.2, 0.25) is 0 Å². The summed E-state index contributed by atoms with van der Waals surface area (Å²) in [5, 5.41) is 15.0. The van der Waals surface area contributed by atoms with Crippen LogP contribution in [0.3, 0.4) is 0 Å². The van der Waals surface area contributed by atoms with E-state index in [0.29, 0.717) is 5.69 Å². The Labute approximate surface area is 141 Å². The summed E-state index contributed by atoms with van der Waals surface area (Å²) < 4.78 is 1.84.